The fourth-order valence-corrected chi connectivity index (χ4v) is 4.51. The van der Waals surface area contributed by atoms with Crippen molar-refractivity contribution >= 4 is 5.91 Å². The summed E-state index contributed by atoms with van der Waals surface area (Å²) < 4.78 is 0. The summed E-state index contributed by atoms with van der Waals surface area (Å²) in [6.45, 7) is 6.38. The van der Waals surface area contributed by atoms with Gasteiger partial charge >= 0.3 is 0 Å². The molecular formula is C20H32N4O. The molecule has 2 fully saturated rings. The van der Waals surface area contributed by atoms with E-state index in [0.29, 0.717) is 17.8 Å². The Morgan fingerprint density at radius 2 is 2.00 bits per heavy atom. The molecule has 2 aliphatic rings. The predicted octanol–water partition coefficient (Wildman–Crippen LogP) is 2.35. The van der Waals surface area contributed by atoms with Crippen LogP contribution in [-0.2, 0) is 0 Å². The molecule has 3 heterocycles. The van der Waals surface area contributed by atoms with Crippen molar-refractivity contribution in [2.75, 3.05) is 40.3 Å². The van der Waals surface area contributed by atoms with Crippen molar-refractivity contribution in [2.45, 2.75) is 44.7 Å². The molecular weight excluding hydrogens is 312 g/mol. The molecule has 1 aromatic rings. The van der Waals surface area contributed by atoms with E-state index in [9.17, 15) is 4.79 Å². The third kappa shape index (κ3) is 4.21. The van der Waals surface area contributed by atoms with Crippen molar-refractivity contribution < 1.29 is 4.79 Å². The van der Waals surface area contributed by atoms with Crippen LogP contribution in [0.5, 0.6) is 0 Å². The number of carbonyl (C=O) groups is 1. The highest BCUT2D eigenvalue weighted by atomic mass is 16.2. The number of aromatic nitrogens is 1. The van der Waals surface area contributed by atoms with Gasteiger partial charge in [-0.3, -0.25) is 14.7 Å². The van der Waals surface area contributed by atoms with Gasteiger partial charge in [0, 0.05) is 44.5 Å². The average molecular weight is 345 g/mol. The van der Waals surface area contributed by atoms with Crippen LogP contribution in [0, 0.1) is 5.92 Å². The summed E-state index contributed by atoms with van der Waals surface area (Å²) in [7, 11) is 4.43. The number of piperidine rings is 1. The van der Waals surface area contributed by atoms with Crippen molar-refractivity contribution in [3.63, 3.8) is 0 Å². The van der Waals surface area contributed by atoms with Crippen LogP contribution in [0.3, 0.4) is 0 Å². The van der Waals surface area contributed by atoms with E-state index in [1.807, 2.05) is 23.1 Å². The van der Waals surface area contributed by atoms with E-state index in [2.05, 4.69) is 35.8 Å². The van der Waals surface area contributed by atoms with Gasteiger partial charge in [0.2, 0.25) is 0 Å². The smallest absolute Gasteiger partial charge is 0.272 e. The molecule has 3 rings (SSSR count). The summed E-state index contributed by atoms with van der Waals surface area (Å²) in [4.78, 5) is 23.8. The van der Waals surface area contributed by atoms with Crippen molar-refractivity contribution in [3.05, 3.63) is 30.1 Å². The van der Waals surface area contributed by atoms with Gasteiger partial charge < -0.3 is 9.80 Å². The van der Waals surface area contributed by atoms with E-state index in [4.69, 9.17) is 0 Å². The lowest BCUT2D eigenvalue weighted by atomic mass is 9.97. The number of pyridine rings is 1. The number of carbonyl (C=O) groups excluding carboxylic acids is 1. The van der Waals surface area contributed by atoms with E-state index >= 15 is 0 Å². The summed E-state index contributed by atoms with van der Waals surface area (Å²) in [5.41, 5.74) is 0.567. The monoisotopic (exact) mass is 344 g/mol. The Bertz CT molecular complexity index is 554. The maximum atomic E-state index is 12.5. The molecule has 5 nitrogen and oxygen atoms in total. The quantitative estimate of drug-likeness (QED) is 0.822. The third-order valence-electron chi connectivity index (χ3n) is 5.91. The number of likely N-dealkylation sites (tertiary alicyclic amines) is 2. The number of amides is 1. The van der Waals surface area contributed by atoms with Gasteiger partial charge in [0.05, 0.1) is 0 Å². The molecule has 0 spiro atoms. The van der Waals surface area contributed by atoms with E-state index in [1.165, 1.54) is 25.9 Å². The van der Waals surface area contributed by atoms with Crippen molar-refractivity contribution in [3.8, 4) is 0 Å². The summed E-state index contributed by atoms with van der Waals surface area (Å²) >= 11 is 0. The van der Waals surface area contributed by atoms with Crippen LogP contribution in [0.25, 0.3) is 0 Å². The number of hydrogen-bond donors (Lipinski definition) is 0. The van der Waals surface area contributed by atoms with Gasteiger partial charge in [0.15, 0.2) is 0 Å². The van der Waals surface area contributed by atoms with Crippen LogP contribution in [0.15, 0.2) is 24.4 Å². The van der Waals surface area contributed by atoms with Crippen LogP contribution >= 0.6 is 0 Å². The molecule has 0 N–H and O–H groups in total. The molecule has 0 unspecified atom stereocenters. The molecule has 0 radical (unpaired) electrons. The van der Waals surface area contributed by atoms with E-state index < -0.39 is 0 Å². The van der Waals surface area contributed by atoms with Crippen LogP contribution in [0.2, 0.25) is 0 Å². The SMILES string of the molecule is CCC[C@H]1CN(C2CCN(C(=O)c3ccccn3)CC2)C[C@@H]1N(C)C. The number of hydrogen-bond acceptors (Lipinski definition) is 4. The van der Waals surface area contributed by atoms with Gasteiger partial charge in [-0.05, 0) is 51.4 Å². The molecule has 2 aliphatic heterocycles. The summed E-state index contributed by atoms with van der Waals surface area (Å²) in [5, 5.41) is 0. The normalized spacial score (nSPS) is 25.7. The van der Waals surface area contributed by atoms with Crippen molar-refractivity contribution in [2.24, 2.45) is 5.92 Å². The minimum absolute atomic E-state index is 0.0792. The topological polar surface area (TPSA) is 39.7 Å². The molecule has 0 aromatic carbocycles. The van der Waals surface area contributed by atoms with Crippen molar-refractivity contribution in [1.82, 2.24) is 19.7 Å². The highest BCUT2D eigenvalue weighted by Gasteiger charge is 2.38. The average Bonchev–Trinajstić information content (AvgIpc) is 3.07. The minimum Gasteiger partial charge on any atom is -0.337 e. The van der Waals surface area contributed by atoms with Gasteiger partial charge in [-0.25, -0.2) is 0 Å². The molecule has 5 heteroatoms. The first-order valence-electron chi connectivity index (χ1n) is 9.71. The largest absolute Gasteiger partial charge is 0.337 e. The Labute approximate surface area is 152 Å². The van der Waals surface area contributed by atoms with Crippen molar-refractivity contribution in [1.29, 1.82) is 0 Å². The molecule has 1 aromatic heterocycles. The Balaban J connectivity index is 1.55. The number of rotatable bonds is 5. The zero-order valence-corrected chi connectivity index (χ0v) is 15.9. The summed E-state index contributed by atoms with van der Waals surface area (Å²) in [6.07, 6.45) is 6.44. The molecule has 0 bridgehead atoms. The first-order valence-corrected chi connectivity index (χ1v) is 9.71. The Kier molecular flexibility index (Phi) is 6.07. The molecule has 2 atom stereocenters. The highest BCUT2D eigenvalue weighted by molar-refractivity contribution is 5.92. The molecule has 2 saturated heterocycles. The second-order valence-electron chi connectivity index (χ2n) is 7.77. The molecule has 0 saturated carbocycles. The lowest BCUT2D eigenvalue weighted by Gasteiger charge is -2.37. The van der Waals surface area contributed by atoms with E-state index in [0.717, 1.165) is 31.8 Å². The number of nitrogens with zero attached hydrogens (tertiary/aromatic N) is 4. The van der Waals surface area contributed by atoms with Crippen LogP contribution in [-0.4, -0.2) is 77.9 Å². The lowest BCUT2D eigenvalue weighted by Crippen LogP contribution is -2.46. The number of likely N-dealkylation sites (N-methyl/N-ethyl adjacent to an activating group) is 1. The van der Waals surface area contributed by atoms with Gasteiger partial charge in [-0.2, -0.15) is 0 Å². The summed E-state index contributed by atoms with van der Waals surface area (Å²) in [6, 6.07) is 6.84. The Hall–Kier alpha value is -1.46. The van der Waals surface area contributed by atoms with Crippen LogP contribution in [0.4, 0.5) is 0 Å². The van der Waals surface area contributed by atoms with E-state index in [-0.39, 0.29) is 5.91 Å². The zero-order valence-electron chi connectivity index (χ0n) is 15.9. The fourth-order valence-electron chi connectivity index (χ4n) is 4.51. The Morgan fingerprint density at radius 1 is 1.24 bits per heavy atom. The maximum Gasteiger partial charge on any atom is 0.272 e. The van der Waals surface area contributed by atoms with Gasteiger partial charge in [-0.1, -0.05) is 19.4 Å². The summed E-state index contributed by atoms with van der Waals surface area (Å²) in [5.74, 6) is 0.865. The fraction of sp³-hybridized carbons (Fsp3) is 0.700. The van der Waals surface area contributed by atoms with E-state index in [1.54, 1.807) is 6.20 Å². The van der Waals surface area contributed by atoms with Gasteiger partial charge in [0.25, 0.3) is 5.91 Å². The molecule has 25 heavy (non-hydrogen) atoms. The van der Waals surface area contributed by atoms with Crippen LogP contribution < -0.4 is 0 Å². The Morgan fingerprint density at radius 3 is 2.60 bits per heavy atom. The molecule has 1 amide bonds. The standard InChI is InChI=1S/C20H32N4O/c1-4-7-16-14-24(15-19(16)22(2)3)17-9-12-23(13-10-17)20(25)18-8-5-6-11-21-18/h5-6,8,11,16-17,19H,4,7,9-10,12-15H2,1-3H3/t16-,19-/m0/s1. The van der Waals surface area contributed by atoms with Crippen LogP contribution in [0.1, 0.15) is 43.1 Å². The molecule has 138 valence electrons. The highest BCUT2D eigenvalue weighted by Crippen LogP contribution is 2.29. The van der Waals surface area contributed by atoms with Gasteiger partial charge in [-0.15, -0.1) is 0 Å². The maximum absolute atomic E-state index is 12.5. The first-order chi connectivity index (χ1) is 12.1. The second kappa shape index (κ2) is 8.28. The first kappa shape index (κ1) is 18.3. The lowest BCUT2D eigenvalue weighted by molar-refractivity contribution is 0.0631. The van der Waals surface area contributed by atoms with Gasteiger partial charge in [0.1, 0.15) is 5.69 Å². The second-order valence-corrected chi connectivity index (χ2v) is 7.77. The third-order valence-corrected chi connectivity index (χ3v) is 5.91. The minimum atomic E-state index is 0.0792. The zero-order chi connectivity index (χ0) is 17.8. The predicted molar refractivity (Wildman–Crippen MR) is 101 cm³/mol. The molecule has 0 aliphatic carbocycles.